The van der Waals surface area contributed by atoms with E-state index < -0.39 is 25.0 Å². The van der Waals surface area contributed by atoms with Crippen molar-refractivity contribution in [2.75, 3.05) is 6.61 Å². The van der Waals surface area contributed by atoms with Crippen LogP contribution < -0.4 is 13.3 Å². The Labute approximate surface area is 339 Å². The summed E-state index contributed by atoms with van der Waals surface area (Å²) in [7, 11) is -8.78. The van der Waals surface area contributed by atoms with Crippen LogP contribution in [0.25, 0.3) is 0 Å². The van der Waals surface area contributed by atoms with Crippen LogP contribution >= 0.6 is 0 Å². The normalized spacial score (nSPS) is 15.3. The highest BCUT2D eigenvalue weighted by Crippen LogP contribution is 2.68. The van der Waals surface area contributed by atoms with Crippen molar-refractivity contribution in [2.24, 2.45) is 0 Å². The van der Waals surface area contributed by atoms with Crippen LogP contribution in [0.2, 0.25) is 45.3 Å². The van der Waals surface area contributed by atoms with Gasteiger partial charge in [-0.25, -0.2) is 4.79 Å². The minimum absolute atomic E-state index is 0.198. The van der Waals surface area contributed by atoms with E-state index in [0.717, 1.165) is 6.42 Å². The maximum atomic E-state index is 14.2. The first-order valence-corrected chi connectivity index (χ1v) is 26.5. The van der Waals surface area contributed by atoms with Crippen molar-refractivity contribution in [2.45, 2.75) is 246 Å². The number of hydrogen-bond donors (Lipinski definition) is 0. The zero-order valence-corrected chi connectivity index (χ0v) is 44.1. The molecule has 1 aromatic rings. The van der Waals surface area contributed by atoms with Gasteiger partial charge in [-0.05, 0) is 63.9 Å². The molecule has 0 aliphatic rings. The second kappa shape index (κ2) is 15.2. The summed E-state index contributed by atoms with van der Waals surface area (Å²) in [6.07, 6.45) is 0.735. The molecule has 8 heteroatoms. The van der Waals surface area contributed by atoms with Crippen LogP contribution in [-0.2, 0) is 4.74 Å². The molecule has 0 aliphatic carbocycles. The highest BCUT2D eigenvalue weighted by atomic mass is 28.4. The van der Waals surface area contributed by atoms with Crippen molar-refractivity contribution in [1.29, 1.82) is 0 Å². The van der Waals surface area contributed by atoms with E-state index in [1.807, 2.05) is 19.1 Å². The molecule has 0 heterocycles. The number of hydrogen-bond acceptors (Lipinski definition) is 5. The van der Waals surface area contributed by atoms with E-state index in [1.165, 1.54) is 0 Å². The smallest absolute Gasteiger partial charge is 0.338 e. The SMILES string of the molecule is CCCOC(=O)c1cc(O[Si](C(C)(C)C)(C(C)(C)C)C(C)(C)C)c(O[Si](C(C)(C)C)(C(C)(C)C)C(C)(C)C)c(O[Si](C(C)(C)C)(C(C)(C)C)C(C)(C)C)c1. The molecule has 0 atom stereocenters. The fourth-order valence-electron chi connectivity index (χ4n) is 13.2. The molecule has 316 valence electrons. The summed E-state index contributed by atoms with van der Waals surface area (Å²) in [5, 5.41) is -1.80. The molecule has 0 bridgehead atoms. The average Bonchev–Trinajstić information content (AvgIpc) is 2.85. The van der Waals surface area contributed by atoms with Gasteiger partial charge in [-0.15, -0.1) is 0 Å². The first kappa shape index (κ1) is 50.8. The van der Waals surface area contributed by atoms with E-state index in [4.69, 9.17) is 18.0 Å². The quantitative estimate of drug-likeness (QED) is 0.184. The first-order valence-electron chi connectivity index (χ1n) is 20.8. The van der Waals surface area contributed by atoms with Gasteiger partial charge in [0.1, 0.15) is 11.5 Å². The van der Waals surface area contributed by atoms with Gasteiger partial charge >= 0.3 is 5.97 Å². The summed E-state index contributed by atoms with van der Waals surface area (Å²) in [5.74, 6) is 1.50. The third-order valence-electron chi connectivity index (χ3n) is 12.0. The summed E-state index contributed by atoms with van der Waals surface area (Å²) in [6.45, 7) is 65.6. The summed E-state index contributed by atoms with van der Waals surface area (Å²) < 4.78 is 30.0. The van der Waals surface area contributed by atoms with Crippen molar-refractivity contribution < 1.29 is 22.8 Å². The lowest BCUT2D eigenvalue weighted by molar-refractivity contribution is 0.0504. The zero-order chi connectivity index (χ0) is 43.5. The lowest BCUT2D eigenvalue weighted by Crippen LogP contribution is -2.65. The fraction of sp³-hybridized carbons (Fsp3) is 0.848. The number of carbonyl (C=O) groups excluding carboxylic acids is 1. The molecular formula is C46H90O5Si3. The van der Waals surface area contributed by atoms with Gasteiger partial charge in [-0.2, -0.15) is 0 Å². The summed E-state index contributed by atoms with van der Waals surface area (Å²) in [6, 6.07) is 3.87. The standard InChI is InChI=1S/C46H90O5Si3/c1-29-30-48-37(47)33-31-34(49-52(38(2,3)4,39(5,6)7)40(8,9)10)36(51-54(44(20,21)22,45(23,24)25)46(26,27)28)35(32-33)50-53(41(11,12)13,42(14,15)16)43(17,18)19/h31-32H,29-30H2,1-28H3. The van der Waals surface area contributed by atoms with Crippen molar-refractivity contribution in [3.63, 3.8) is 0 Å². The van der Waals surface area contributed by atoms with E-state index in [0.29, 0.717) is 29.4 Å². The van der Waals surface area contributed by atoms with Crippen LogP contribution in [0.5, 0.6) is 17.2 Å². The predicted octanol–water partition coefficient (Wildman–Crippen LogP) is 16.4. The van der Waals surface area contributed by atoms with Crippen LogP contribution in [0.3, 0.4) is 0 Å². The molecule has 1 aromatic carbocycles. The number of benzene rings is 1. The summed E-state index contributed by atoms with van der Waals surface area (Å²) in [4.78, 5) is 14.2. The predicted molar refractivity (Wildman–Crippen MR) is 244 cm³/mol. The third-order valence-corrected chi connectivity index (χ3v) is 32.6. The Morgan fingerprint density at radius 3 is 0.852 bits per heavy atom. The Balaban J connectivity index is 5.09. The average molecular weight is 807 g/mol. The number of carbonyl (C=O) groups is 1. The topological polar surface area (TPSA) is 54.0 Å². The van der Waals surface area contributed by atoms with E-state index in [9.17, 15) is 4.79 Å². The van der Waals surface area contributed by atoms with Crippen LogP contribution in [0.4, 0.5) is 0 Å². The molecule has 54 heavy (non-hydrogen) atoms. The highest BCUT2D eigenvalue weighted by Gasteiger charge is 2.68. The minimum atomic E-state index is -2.94. The zero-order valence-electron chi connectivity index (χ0n) is 41.1. The van der Waals surface area contributed by atoms with E-state index in [1.54, 1.807) is 0 Å². The van der Waals surface area contributed by atoms with Gasteiger partial charge < -0.3 is 18.0 Å². The van der Waals surface area contributed by atoms with Crippen LogP contribution in [0.15, 0.2) is 12.1 Å². The lowest BCUT2D eigenvalue weighted by Gasteiger charge is -2.60. The van der Waals surface area contributed by atoms with E-state index in [2.05, 4.69) is 187 Å². The molecule has 0 N–H and O–H groups in total. The molecule has 0 amide bonds. The van der Waals surface area contributed by atoms with Gasteiger partial charge in [-0.3, -0.25) is 0 Å². The third kappa shape index (κ3) is 8.90. The summed E-state index contributed by atoms with van der Waals surface area (Å²) in [5.41, 5.74) is 0.439. The number of esters is 1. The molecule has 0 unspecified atom stereocenters. The van der Waals surface area contributed by atoms with Crippen molar-refractivity contribution in [3.05, 3.63) is 17.7 Å². The Morgan fingerprint density at radius 2 is 0.648 bits per heavy atom. The fourth-order valence-corrected chi connectivity index (χ4v) is 37.7. The number of ether oxygens (including phenoxy) is 1. The largest absolute Gasteiger partial charge is 0.539 e. The molecule has 0 radical (unpaired) electrons. The Bertz CT molecular complexity index is 1260. The van der Waals surface area contributed by atoms with Gasteiger partial charge in [0, 0.05) is 0 Å². The molecule has 0 saturated carbocycles. The summed E-state index contributed by atoms with van der Waals surface area (Å²) >= 11 is 0. The Kier molecular flexibility index (Phi) is 14.2. The van der Waals surface area contributed by atoms with Crippen LogP contribution in [0.1, 0.15) is 211 Å². The maximum absolute atomic E-state index is 14.2. The van der Waals surface area contributed by atoms with Gasteiger partial charge in [0.05, 0.1) is 12.2 Å². The first-order chi connectivity index (χ1) is 23.4. The highest BCUT2D eigenvalue weighted by molar-refractivity contribution is 6.84. The maximum Gasteiger partial charge on any atom is 0.338 e. The monoisotopic (exact) mass is 807 g/mol. The Hall–Kier alpha value is -1.26. The second-order valence-electron chi connectivity index (χ2n) is 25.5. The molecule has 0 aliphatic heterocycles. The molecule has 0 spiro atoms. The van der Waals surface area contributed by atoms with Crippen LogP contribution in [0, 0.1) is 0 Å². The molecule has 0 saturated heterocycles. The van der Waals surface area contributed by atoms with Crippen molar-refractivity contribution in [3.8, 4) is 17.2 Å². The number of rotatable bonds is 9. The van der Waals surface area contributed by atoms with Crippen molar-refractivity contribution >= 4 is 30.9 Å². The van der Waals surface area contributed by atoms with Gasteiger partial charge in [-0.1, -0.05) is 194 Å². The van der Waals surface area contributed by atoms with Gasteiger partial charge in [0.2, 0.25) is 0 Å². The van der Waals surface area contributed by atoms with Crippen molar-refractivity contribution in [1.82, 2.24) is 0 Å². The molecule has 5 nitrogen and oxygen atoms in total. The molecule has 0 aromatic heterocycles. The molecular weight excluding hydrogens is 717 g/mol. The minimum Gasteiger partial charge on any atom is -0.539 e. The van der Waals surface area contributed by atoms with Gasteiger partial charge in [0.25, 0.3) is 25.0 Å². The Morgan fingerprint density at radius 1 is 0.426 bits per heavy atom. The lowest BCUT2D eigenvalue weighted by atomic mass is 10.2. The second-order valence-corrected chi connectivity index (χ2v) is 43.7. The van der Waals surface area contributed by atoms with E-state index in [-0.39, 0.29) is 51.3 Å². The van der Waals surface area contributed by atoms with Crippen LogP contribution in [-0.4, -0.2) is 37.5 Å². The van der Waals surface area contributed by atoms with Gasteiger partial charge in [0.15, 0.2) is 5.75 Å². The molecule has 0 fully saturated rings. The molecule has 1 rings (SSSR count). The van der Waals surface area contributed by atoms with E-state index >= 15 is 0 Å².